The van der Waals surface area contributed by atoms with Gasteiger partial charge in [-0.1, -0.05) is 0 Å². The zero-order valence-corrected chi connectivity index (χ0v) is 12.6. The third-order valence-electron chi connectivity index (χ3n) is 3.47. The van der Waals surface area contributed by atoms with E-state index in [1.165, 1.54) is 13.0 Å². The minimum Gasteiger partial charge on any atom is -0.478 e. The van der Waals surface area contributed by atoms with Gasteiger partial charge in [0.15, 0.2) is 5.75 Å². The van der Waals surface area contributed by atoms with Crippen molar-refractivity contribution in [3.8, 4) is 11.5 Å². The molecule has 3 aromatic rings. The fraction of sp³-hybridized carbons (Fsp3) is 0.125. The van der Waals surface area contributed by atoms with Crippen molar-refractivity contribution >= 4 is 11.5 Å². The number of nitrogens with zero attached hydrogens (tertiary/aromatic N) is 2. The van der Waals surface area contributed by atoms with Crippen LogP contribution in [0.4, 0.5) is 17.6 Å². The van der Waals surface area contributed by atoms with Crippen LogP contribution in [0.25, 0.3) is 5.52 Å². The molecule has 0 spiro atoms. The van der Waals surface area contributed by atoms with Crippen LogP contribution in [0.2, 0.25) is 0 Å². The molecule has 0 radical (unpaired) electrons. The summed E-state index contributed by atoms with van der Waals surface area (Å²) in [4.78, 5) is 14.7. The molecule has 0 aliphatic carbocycles. The van der Waals surface area contributed by atoms with Gasteiger partial charge in [-0.25, -0.2) is 14.2 Å². The van der Waals surface area contributed by atoms with Crippen molar-refractivity contribution in [1.82, 2.24) is 9.38 Å². The summed E-state index contributed by atoms with van der Waals surface area (Å²) in [6.45, 7) is 1.52. The maximum absolute atomic E-state index is 13.2. The first kappa shape index (κ1) is 16.7. The van der Waals surface area contributed by atoms with Crippen molar-refractivity contribution in [3.63, 3.8) is 0 Å². The second kappa shape index (κ2) is 5.76. The van der Waals surface area contributed by atoms with E-state index in [-0.39, 0.29) is 22.6 Å². The van der Waals surface area contributed by atoms with E-state index in [1.54, 1.807) is 0 Å². The first-order valence-corrected chi connectivity index (χ1v) is 6.92. The number of ether oxygens (including phenoxy) is 1. The molecule has 0 aliphatic rings. The number of imidazole rings is 1. The first-order chi connectivity index (χ1) is 11.7. The number of carboxylic acid groups (broad SMARTS) is 1. The summed E-state index contributed by atoms with van der Waals surface area (Å²) in [7, 11) is 0. The Morgan fingerprint density at radius 2 is 1.96 bits per heavy atom. The fourth-order valence-corrected chi connectivity index (χ4v) is 2.33. The van der Waals surface area contributed by atoms with E-state index >= 15 is 0 Å². The van der Waals surface area contributed by atoms with Crippen molar-refractivity contribution in [3.05, 3.63) is 59.4 Å². The Hall–Kier alpha value is -3.10. The first-order valence-electron chi connectivity index (χ1n) is 6.92. The average Bonchev–Trinajstić information content (AvgIpc) is 2.92. The summed E-state index contributed by atoms with van der Waals surface area (Å²) >= 11 is 0. The normalized spacial score (nSPS) is 11.7. The molecule has 2 aromatic heterocycles. The van der Waals surface area contributed by atoms with Crippen molar-refractivity contribution < 1.29 is 32.2 Å². The molecule has 2 heterocycles. The predicted octanol–water partition coefficient (Wildman–Crippen LogP) is 4.29. The van der Waals surface area contributed by atoms with Crippen LogP contribution in [0.5, 0.6) is 11.5 Å². The zero-order chi connectivity index (χ0) is 18.4. The number of carbonyl (C=O) groups is 1. The number of aromatic carboxylic acids is 1. The van der Waals surface area contributed by atoms with Crippen LogP contribution in [0.1, 0.15) is 21.7 Å². The Balaban J connectivity index is 2.17. The highest BCUT2D eigenvalue weighted by Crippen LogP contribution is 2.33. The molecule has 0 aliphatic heterocycles. The van der Waals surface area contributed by atoms with Gasteiger partial charge < -0.3 is 9.84 Å². The molecule has 5 nitrogen and oxygen atoms in total. The van der Waals surface area contributed by atoms with E-state index in [9.17, 15) is 27.5 Å². The molecule has 0 atom stereocenters. The lowest BCUT2D eigenvalue weighted by molar-refractivity contribution is -0.145. The molecule has 0 amide bonds. The largest absolute Gasteiger partial charge is 0.478 e. The van der Waals surface area contributed by atoms with Gasteiger partial charge in [-0.3, -0.25) is 4.40 Å². The molecule has 130 valence electrons. The number of aromatic nitrogens is 2. The van der Waals surface area contributed by atoms with Crippen LogP contribution in [0, 0.1) is 12.7 Å². The zero-order valence-electron chi connectivity index (χ0n) is 12.6. The van der Waals surface area contributed by atoms with E-state index in [0.29, 0.717) is 9.96 Å². The number of aryl methyl sites for hydroxylation is 1. The van der Waals surface area contributed by atoms with Gasteiger partial charge in [-0.2, -0.15) is 13.2 Å². The summed E-state index contributed by atoms with van der Waals surface area (Å²) < 4.78 is 58.3. The Morgan fingerprint density at radius 3 is 2.56 bits per heavy atom. The minimum absolute atomic E-state index is 0.0482. The van der Waals surface area contributed by atoms with Crippen LogP contribution in [0.3, 0.4) is 0 Å². The second-order valence-corrected chi connectivity index (χ2v) is 5.24. The summed E-state index contributed by atoms with van der Waals surface area (Å²) in [6, 6.07) is 4.55. The molecule has 9 heteroatoms. The summed E-state index contributed by atoms with van der Waals surface area (Å²) in [5.74, 6) is -3.31. The van der Waals surface area contributed by atoms with Gasteiger partial charge in [0.1, 0.15) is 17.1 Å². The Morgan fingerprint density at radius 1 is 1.24 bits per heavy atom. The highest BCUT2D eigenvalue weighted by Gasteiger charge is 2.36. The van der Waals surface area contributed by atoms with Crippen LogP contribution < -0.4 is 4.74 Å². The smallest absolute Gasteiger partial charge is 0.450 e. The van der Waals surface area contributed by atoms with Gasteiger partial charge in [-0.05, 0) is 36.8 Å². The van der Waals surface area contributed by atoms with Crippen molar-refractivity contribution in [1.29, 1.82) is 0 Å². The third-order valence-corrected chi connectivity index (χ3v) is 3.47. The number of pyridine rings is 1. The third kappa shape index (κ3) is 3.12. The Kier molecular flexibility index (Phi) is 3.86. The highest BCUT2D eigenvalue weighted by atomic mass is 19.4. The minimum atomic E-state index is -4.72. The number of hydrogen-bond acceptors (Lipinski definition) is 3. The van der Waals surface area contributed by atoms with Crippen LogP contribution >= 0.6 is 0 Å². The lowest BCUT2D eigenvalue weighted by Crippen LogP contribution is -2.11. The molecule has 0 unspecified atom stereocenters. The molecule has 1 aromatic carbocycles. The standard InChI is InChI=1S/C16H10F4N2O3/c1-8-4-9(17)2-3-12(8)25-13-7-22-10(5-11(13)14(23)24)6-21-15(22)16(18,19)20/h2-7H,1H3,(H,23,24). The molecule has 25 heavy (non-hydrogen) atoms. The fourth-order valence-electron chi connectivity index (χ4n) is 2.33. The lowest BCUT2D eigenvalue weighted by Gasteiger charge is -2.13. The lowest BCUT2D eigenvalue weighted by atomic mass is 10.2. The quantitative estimate of drug-likeness (QED) is 0.713. The van der Waals surface area contributed by atoms with Crippen molar-refractivity contribution in [2.75, 3.05) is 0 Å². The van der Waals surface area contributed by atoms with Crippen molar-refractivity contribution in [2.45, 2.75) is 13.1 Å². The molecular weight excluding hydrogens is 344 g/mol. The molecular formula is C16H10F4N2O3. The molecule has 0 fully saturated rings. The Bertz CT molecular complexity index is 979. The van der Waals surface area contributed by atoms with Gasteiger partial charge in [-0.15, -0.1) is 0 Å². The predicted molar refractivity (Wildman–Crippen MR) is 78.4 cm³/mol. The monoisotopic (exact) mass is 354 g/mol. The number of halogens is 4. The van der Waals surface area contributed by atoms with Crippen LogP contribution in [0.15, 0.2) is 36.7 Å². The number of alkyl halides is 3. The summed E-state index contributed by atoms with van der Waals surface area (Å²) in [5, 5.41) is 9.29. The number of hydrogen-bond donors (Lipinski definition) is 1. The van der Waals surface area contributed by atoms with Gasteiger partial charge in [0, 0.05) is 0 Å². The maximum atomic E-state index is 13.2. The van der Waals surface area contributed by atoms with Gasteiger partial charge in [0.2, 0.25) is 5.82 Å². The number of carboxylic acids is 1. The number of benzene rings is 1. The molecule has 0 saturated heterocycles. The van der Waals surface area contributed by atoms with Crippen molar-refractivity contribution in [2.24, 2.45) is 0 Å². The second-order valence-electron chi connectivity index (χ2n) is 5.24. The van der Waals surface area contributed by atoms with E-state index in [4.69, 9.17) is 4.74 Å². The number of rotatable bonds is 3. The molecule has 3 rings (SSSR count). The van der Waals surface area contributed by atoms with Gasteiger partial charge >= 0.3 is 12.1 Å². The van der Waals surface area contributed by atoms with Crippen LogP contribution in [-0.2, 0) is 6.18 Å². The molecule has 0 bridgehead atoms. The average molecular weight is 354 g/mol. The maximum Gasteiger partial charge on any atom is 0.450 e. The van der Waals surface area contributed by atoms with Gasteiger partial charge in [0.05, 0.1) is 17.9 Å². The van der Waals surface area contributed by atoms with E-state index in [0.717, 1.165) is 30.6 Å². The summed E-state index contributed by atoms with van der Waals surface area (Å²) in [5.41, 5.74) is -0.0316. The van der Waals surface area contributed by atoms with E-state index in [2.05, 4.69) is 4.98 Å². The van der Waals surface area contributed by atoms with Gasteiger partial charge in [0.25, 0.3) is 0 Å². The van der Waals surface area contributed by atoms with E-state index in [1.807, 2.05) is 0 Å². The summed E-state index contributed by atoms with van der Waals surface area (Å²) in [6.07, 6.45) is -2.90. The van der Waals surface area contributed by atoms with Crippen LogP contribution in [-0.4, -0.2) is 20.5 Å². The topological polar surface area (TPSA) is 63.8 Å². The Labute approximate surface area is 138 Å². The number of fused-ring (bicyclic) bond motifs is 1. The van der Waals surface area contributed by atoms with E-state index < -0.39 is 23.8 Å². The molecule has 1 N–H and O–H groups in total. The molecule has 0 saturated carbocycles. The highest BCUT2D eigenvalue weighted by molar-refractivity contribution is 5.92. The SMILES string of the molecule is Cc1cc(F)ccc1Oc1cn2c(C(F)(F)F)ncc2cc1C(=O)O.